The molecule has 2 saturated heterocycles. The van der Waals surface area contributed by atoms with Crippen LogP contribution in [0, 0.1) is 25.7 Å². The molecule has 2 aliphatic heterocycles. The van der Waals surface area contributed by atoms with Gasteiger partial charge >= 0.3 is 0 Å². The largest absolute Gasteiger partial charge is 0.360 e. The molecule has 0 amide bonds. The molecule has 3 rings (SSSR count). The molecular weight excluding hydrogens is 266 g/mol. The van der Waals surface area contributed by atoms with Crippen LogP contribution >= 0.6 is 0 Å². The highest BCUT2D eigenvalue weighted by Crippen LogP contribution is 2.30. The standard InChI is InChI=1S/C12H19N3O3S/c1-8-12(9(2)18-14-8)19(16,17)15-6-10-3-11(7-15)5-13-4-10/h10-11,13H,3-7H2,1-2H3/t10-,11+. The van der Waals surface area contributed by atoms with Crippen molar-refractivity contribution in [2.75, 3.05) is 26.2 Å². The third-order valence-electron chi connectivity index (χ3n) is 4.02. The highest BCUT2D eigenvalue weighted by Gasteiger charge is 2.38. The highest BCUT2D eigenvalue weighted by atomic mass is 32.2. The van der Waals surface area contributed by atoms with E-state index >= 15 is 0 Å². The number of hydrogen-bond donors (Lipinski definition) is 1. The number of sulfonamides is 1. The fourth-order valence-electron chi connectivity index (χ4n) is 3.23. The van der Waals surface area contributed by atoms with Crippen molar-refractivity contribution in [1.82, 2.24) is 14.8 Å². The van der Waals surface area contributed by atoms with Crippen molar-refractivity contribution < 1.29 is 12.9 Å². The molecule has 2 bridgehead atoms. The molecule has 2 aliphatic rings. The summed E-state index contributed by atoms with van der Waals surface area (Å²) in [6, 6.07) is 0. The van der Waals surface area contributed by atoms with Gasteiger partial charge in [0.05, 0.1) is 0 Å². The van der Waals surface area contributed by atoms with E-state index in [0.29, 0.717) is 36.4 Å². The summed E-state index contributed by atoms with van der Waals surface area (Å²) in [7, 11) is -3.47. The first-order chi connectivity index (χ1) is 8.98. The number of nitrogens with zero attached hydrogens (tertiary/aromatic N) is 2. The van der Waals surface area contributed by atoms with Gasteiger partial charge in [0.2, 0.25) is 10.0 Å². The second-order valence-electron chi connectivity index (χ2n) is 5.60. The molecule has 0 spiro atoms. The Bertz CT molecular complexity index is 550. The lowest BCUT2D eigenvalue weighted by atomic mass is 9.87. The minimum atomic E-state index is -3.47. The molecule has 2 atom stereocenters. The molecule has 2 fully saturated rings. The van der Waals surface area contributed by atoms with Crippen LogP contribution in [0.2, 0.25) is 0 Å². The Hall–Kier alpha value is -0.920. The summed E-state index contributed by atoms with van der Waals surface area (Å²) in [5, 5.41) is 7.12. The van der Waals surface area contributed by atoms with E-state index in [0.717, 1.165) is 19.5 Å². The lowest BCUT2D eigenvalue weighted by Crippen LogP contribution is -2.52. The summed E-state index contributed by atoms with van der Waals surface area (Å²) < 4.78 is 32.1. The molecule has 106 valence electrons. The van der Waals surface area contributed by atoms with Crippen LogP contribution in [-0.2, 0) is 10.0 Å². The molecule has 3 heterocycles. The van der Waals surface area contributed by atoms with Crippen LogP contribution in [0.15, 0.2) is 9.42 Å². The molecule has 19 heavy (non-hydrogen) atoms. The van der Waals surface area contributed by atoms with Crippen LogP contribution in [0.4, 0.5) is 0 Å². The summed E-state index contributed by atoms with van der Waals surface area (Å²) >= 11 is 0. The number of rotatable bonds is 2. The third kappa shape index (κ3) is 2.19. The summed E-state index contributed by atoms with van der Waals surface area (Å²) in [4.78, 5) is 0.250. The number of piperidine rings is 2. The third-order valence-corrected chi connectivity index (χ3v) is 6.10. The number of nitrogens with one attached hydrogen (secondary N) is 1. The van der Waals surface area contributed by atoms with Gasteiger partial charge in [-0.15, -0.1) is 0 Å². The van der Waals surface area contributed by atoms with Gasteiger partial charge in [0.15, 0.2) is 5.76 Å². The van der Waals surface area contributed by atoms with Crippen molar-refractivity contribution >= 4 is 10.0 Å². The van der Waals surface area contributed by atoms with E-state index in [1.54, 1.807) is 18.2 Å². The first-order valence-corrected chi connectivity index (χ1v) is 8.06. The van der Waals surface area contributed by atoms with Crippen molar-refractivity contribution in [3.05, 3.63) is 11.5 Å². The Morgan fingerprint density at radius 3 is 2.42 bits per heavy atom. The van der Waals surface area contributed by atoms with Gasteiger partial charge in [0.1, 0.15) is 10.6 Å². The molecule has 1 aromatic heterocycles. The minimum Gasteiger partial charge on any atom is -0.360 e. The van der Waals surface area contributed by atoms with Gasteiger partial charge in [0.25, 0.3) is 0 Å². The van der Waals surface area contributed by atoms with E-state index in [2.05, 4.69) is 10.5 Å². The van der Waals surface area contributed by atoms with Crippen molar-refractivity contribution in [2.24, 2.45) is 11.8 Å². The van der Waals surface area contributed by atoms with Crippen molar-refractivity contribution in [3.8, 4) is 0 Å². The Balaban J connectivity index is 1.93. The first-order valence-electron chi connectivity index (χ1n) is 6.62. The van der Waals surface area contributed by atoms with Gasteiger partial charge in [-0.05, 0) is 45.2 Å². The van der Waals surface area contributed by atoms with Gasteiger partial charge in [-0.2, -0.15) is 4.31 Å². The molecule has 0 saturated carbocycles. The van der Waals surface area contributed by atoms with Crippen LogP contribution in [0.25, 0.3) is 0 Å². The zero-order valence-corrected chi connectivity index (χ0v) is 12.0. The molecule has 7 heteroatoms. The second-order valence-corrected chi connectivity index (χ2v) is 7.48. The second kappa shape index (κ2) is 4.57. The van der Waals surface area contributed by atoms with E-state index < -0.39 is 10.0 Å². The van der Waals surface area contributed by atoms with Gasteiger partial charge in [-0.1, -0.05) is 5.16 Å². The lowest BCUT2D eigenvalue weighted by molar-refractivity contribution is 0.158. The van der Waals surface area contributed by atoms with E-state index in [1.807, 2.05) is 0 Å². The van der Waals surface area contributed by atoms with E-state index in [9.17, 15) is 8.42 Å². The summed E-state index contributed by atoms with van der Waals surface area (Å²) in [5.41, 5.74) is 0.450. The molecule has 0 radical (unpaired) electrons. The molecular formula is C12H19N3O3S. The lowest BCUT2D eigenvalue weighted by Gasteiger charge is -2.40. The van der Waals surface area contributed by atoms with Crippen LogP contribution in [0.1, 0.15) is 17.9 Å². The van der Waals surface area contributed by atoms with Crippen molar-refractivity contribution in [2.45, 2.75) is 25.2 Å². The summed E-state index contributed by atoms with van der Waals surface area (Å²) in [6.45, 7) is 6.33. The molecule has 6 nitrogen and oxygen atoms in total. The predicted molar refractivity (Wildman–Crippen MR) is 69.2 cm³/mol. The predicted octanol–water partition coefficient (Wildman–Crippen LogP) is 0.521. The first kappa shape index (κ1) is 13.1. The van der Waals surface area contributed by atoms with E-state index in [1.165, 1.54) is 0 Å². The van der Waals surface area contributed by atoms with Crippen LogP contribution in [0.5, 0.6) is 0 Å². The van der Waals surface area contributed by atoms with Crippen LogP contribution in [0.3, 0.4) is 0 Å². The molecule has 0 aromatic carbocycles. The fourth-order valence-corrected chi connectivity index (χ4v) is 5.11. The van der Waals surface area contributed by atoms with Gasteiger partial charge in [0, 0.05) is 13.1 Å². The average Bonchev–Trinajstić information content (AvgIpc) is 2.69. The minimum absolute atomic E-state index is 0.250. The summed E-state index contributed by atoms with van der Waals surface area (Å²) in [5.74, 6) is 1.22. The number of hydrogen-bond acceptors (Lipinski definition) is 5. The van der Waals surface area contributed by atoms with Crippen molar-refractivity contribution in [3.63, 3.8) is 0 Å². The van der Waals surface area contributed by atoms with Crippen LogP contribution in [-0.4, -0.2) is 44.1 Å². The number of aryl methyl sites for hydroxylation is 2. The highest BCUT2D eigenvalue weighted by molar-refractivity contribution is 7.89. The molecule has 1 N–H and O–H groups in total. The van der Waals surface area contributed by atoms with Gasteiger partial charge < -0.3 is 9.84 Å². The molecule has 1 aromatic rings. The Morgan fingerprint density at radius 2 is 1.89 bits per heavy atom. The average molecular weight is 285 g/mol. The zero-order chi connectivity index (χ0) is 13.6. The van der Waals surface area contributed by atoms with Gasteiger partial charge in [-0.25, -0.2) is 8.42 Å². The topological polar surface area (TPSA) is 75.4 Å². The summed E-state index contributed by atoms with van der Waals surface area (Å²) in [6.07, 6.45) is 1.13. The Kier molecular flexibility index (Phi) is 3.15. The monoisotopic (exact) mass is 285 g/mol. The number of aromatic nitrogens is 1. The van der Waals surface area contributed by atoms with Gasteiger partial charge in [-0.3, -0.25) is 0 Å². The van der Waals surface area contributed by atoms with Crippen LogP contribution < -0.4 is 5.32 Å². The van der Waals surface area contributed by atoms with E-state index in [-0.39, 0.29) is 4.90 Å². The molecule has 0 unspecified atom stereocenters. The Labute approximate surface area is 113 Å². The zero-order valence-electron chi connectivity index (χ0n) is 11.2. The quantitative estimate of drug-likeness (QED) is 0.857. The fraction of sp³-hybridized carbons (Fsp3) is 0.750. The maximum absolute atomic E-state index is 12.7. The SMILES string of the molecule is Cc1noc(C)c1S(=O)(=O)N1C[C@@H]2CNC[C@@H](C2)C1. The normalized spacial score (nSPS) is 28.5. The number of fused-ring (bicyclic) bond motifs is 2. The van der Waals surface area contributed by atoms with E-state index in [4.69, 9.17) is 4.52 Å². The van der Waals surface area contributed by atoms with Crippen molar-refractivity contribution in [1.29, 1.82) is 0 Å². The maximum atomic E-state index is 12.7. The Morgan fingerprint density at radius 1 is 1.26 bits per heavy atom. The smallest absolute Gasteiger partial charge is 0.248 e. The molecule has 0 aliphatic carbocycles. The maximum Gasteiger partial charge on any atom is 0.248 e.